The third-order valence-corrected chi connectivity index (χ3v) is 4.08. The van der Waals surface area contributed by atoms with Gasteiger partial charge in [-0.05, 0) is 31.8 Å². The molecule has 0 amide bonds. The molecule has 1 atom stereocenters. The van der Waals surface area contributed by atoms with Crippen molar-refractivity contribution in [2.24, 2.45) is 5.92 Å². The average Bonchev–Trinajstić information content (AvgIpc) is 2.64. The summed E-state index contributed by atoms with van der Waals surface area (Å²) in [6.45, 7) is 3.15. The zero-order valence-corrected chi connectivity index (χ0v) is 13.7. The molecule has 0 aliphatic carbocycles. The van der Waals surface area contributed by atoms with Gasteiger partial charge in [0.15, 0.2) is 5.69 Å². The zero-order valence-electron chi connectivity index (χ0n) is 13.7. The highest BCUT2D eigenvalue weighted by atomic mass is 15.5. The lowest BCUT2D eigenvalue weighted by Crippen LogP contribution is -2.39. The first-order chi connectivity index (χ1) is 11.7. The molecule has 1 aromatic rings. The molecule has 8 heteroatoms. The second-order valence-electron chi connectivity index (χ2n) is 5.93. The van der Waals surface area contributed by atoms with Crippen molar-refractivity contribution in [2.45, 2.75) is 12.8 Å². The molecule has 1 fully saturated rings. The number of hydrogen-bond donors (Lipinski definition) is 4. The van der Waals surface area contributed by atoms with Gasteiger partial charge in [0, 0.05) is 25.9 Å². The standard InChI is InChI=1S/C16H22N8/c1-24-16(23-15-11-20-14(6-17)9-21-15)5-13(10-22-24)19-8-12-3-2-4-18-7-12/h5,9-12,18-19,22H,2-4,7-8H2,1H3,(H,21,23)/t12-/m0/s1. The van der Waals surface area contributed by atoms with Crippen molar-refractivity contribution in [3.05, 3.63) is 41.9 Å². The fourth-order valence-electron chi connectivity index (χ4n) is 2.69. The van der Waals surface area contributed by atoms with Gasteiger partial charge in [0.25, 0.3) is 0 Å². The first-order valence-corrected chi connectivity index (χ1v) is 8.10. The lowest BCUT2D eigenvalue weighted by molar-refractivity contribution is 0.341. The van der Waals surface area contributed by atoms with E-state index in [4.69, 9.17) is 5.26 Å². The first kappa shape index (κ1) is 16.1. The number of hydrogen-bond acceptors (Lipinski definition) is 8. The molecule has 4 N–H and O–H groups in total. The van der Waals surface area contributed by atoms with Crippen LogP contribution in [0.3, 0.4) is 0 Å². The summed E-state index contributed by atoms with van der Waals surface area (Å²) in [5.74, 6) is 2.10. The summed E-state index contributed by atoms with van der Waals surface area (Å²) in [5.41, 5.74) is 4.49. The van der Waals surface area contributed by atoms with Crippen molar-refractivity contribution in [1.29, 1.82) is 5.26 Å². The summed E-state index contributed by atoms with van der Waals surface area (Å²) in [7, 11) is 1.91. The second-order valence-corrected chi connectivity index (χ2v) is 5.93. The maximum absolute atomic E-state index is 8.77. The number of anilines is 1. The summed E-state index contributed by atoms with van der Waals surface area (Å²) in [4.78, 5) is 8.20. The van der Waals surface area contributed by atoms with Crippen molar-refractivity contribution in [3.8, 4) is 6.07 Å². The van der Waals surface area contributed by atoms with Gasteiger partial charge < -0.3 is 21.4 Å². The normalized spacial score (nSPS) is 20.3. The molecule has 0 saturated carbocycles. The first-order valence-electron chi connectivity index (χ1n) is 8.10. The molecule has 0 unspecified atom stereocenters. The Balaban J connectivity index is 1.59. The van der Waals surface area contributed by atoms with E-state index in [1.807, 2.05) is 30.4 Å². The number of rotatable bonds is 5. The van der Waals surface area contributed by atoms with Gasteiger partial charge >= 0.3 is 0 Å². The van der Waals surface area contributed by atoms with Crippen molar-refractivity contribution in [2.75, 3.05) is 32.0 Å². The molecule has 1 saturated heterocycles. The van der Waals surface area contributed by atoms with Crippen LogP contribution in [0.1, 0.15) is 18.5 Å². The molecule has 3 heterocycles. The molecule has 3 rings (SSSR count). The van der Waals surface area contributed by atoms with Crippen molar-refractivity contribution >= 4 is 5.82 Å². The molecular weight excluding hydrogens is 304 g/mol. The molecule has 0 radical (unpaired) electrons. The minimum absolute atomic E-state index is 0.299. The van der Waals surface area contributed by atoms with Crippen molar-refractivity contribution in [1.82, 2.24) is 31.0 Å². The van der Waals surface area contributed by atoms with E-state index in [9.17, 15) is 0 Å². The van der Waals surface area contributed by atoms with Gasteiger partial charge in [0.2, 0.25) is 0 Å². The number of hydrazine groups is 1. The molecule has 2 aliphatic rings. The molecule has 126 valence electrons. The van der Waals surface area contributed by atoms with Crippen LogP contribution in [-0.4, -0.2) is 41.7 Å². The number of aromatic nitrogens is 2. The van der Waals surface area contributed by atoms with Crippen molar-refractivity contribution in [3.63, 3.8) is 0 Å². The minimum atomic E-state index is 0.299. The number of allylic oxidation sites excluding steroid dienone is 1. The summed E-state index contributed by atoms with van der Waals surface area (Å²) in [6, 6.07) is 1.96. The predicted octanol–water partition coefficient (Wildman–Crippen LogP) is 0.482. The van der Waals surface area contributed by atoms with Crippen molar-refractivity contribution < 1.29 is 0 Å². The second kappa shape index (κ2) is 7.66. The van der Waals surface area contributed by atoms with Crippen LogP contribution in [0.4, 0.5) is 5.82 Å². The van der Waals surface area contributed by atoms with E-state index in [1.54, 1.807) is 6.20 Å². The smallest absolute Gasteiger partial charge is 0.158 e. The fourth-order valence-corrected chi connectivity index (χ4v) is 2.69. The molecule has 0 spiro atoms. The Kier molecular flexibility index (Phi) is 5.13. The Morgan fingerprint density at radius 3 is 3.04 bits per heavy atom. The van der Waals surface area contributed by atoms with E-state index in [1.165, 1.54) is 19.0 Å². The summed E-state index contributed by atoms with van der Waals surface area (Å²) in [5, 5.41) is 20.7. The van der Waals surface area contributed by atoms with E-state index in [0.29, 0.717) is 17.4 Å². The monoisotopic (exact) mass is 326 g/mol. The number of nitriles is 1. The predicted molar refractivity (Wildman–Crippen MR) is 91.0 cm³/mol. The third-order valence-electron chi connectivity index (χ3n) is 4.08. The molecule has 24 heavy (non-hydrogen) atoms. The number of nitrogens with zero attached hydrogens (tertiary/aromatic N) is 4. The summed E-state index contributed by atoms with van der Waals surface area (Å²) < 4.78 is 0. The van der Waals surface area contributed by atoms with Gasteiger partial charge in [-0.3, -0.25) is 5.01 Å². The van der Waals surface area contributed by atoms with Gasteiger partial charge in [-0.1, -0.05) is 0 Å². The zero-order chi connectivity index (χ0) is 16.8. The summed E-state index contributed by atoms with van der Waals surface area (Å²) in [6.07, 6.45) is 9.46. The van der Waals surface area contributed by atoms with Crippen LogP contribution in [0.25, 0.3) is 0 Å². The molecule has 1 aromatic heterocycles. The molecular formula is C16H22N8. The Morgan fingerprint density at radius 2 is 2.33 bits per heavy atom. The van der Waals surface area contributed by atoms with E-state index in [2.05, 4.69) is 31.3 Å². The summed E-state index contributed by atoms with van der Waals surface area (Å²) >= 11 is 0. The minimum Gasteiger partial charge on any atom is -0.383 e. The SMILES string of the molecule is CN1NC=C(NC[C@H]2CCCNC2)C=C1Nc1cnc(C#N)cn1. The van der Waals surface area contributed by atoms with Gasteiger partial charge in [0.05, 0.1) is 18.1 Å². The van der Waals surface area contributed by atoms with Crippen LogP contribution in [0.15, 0.2) is 36.2 Å². The molecule has 0 bridgehead atoms. The van der Waals surface area contributed by atoms with Gasteiger partial charge in [-0.2, -0.15) is 5.26 Å². The number of piperidine rings is 1. The largest absolute Gasteiger partial charge is 0.383 e. The highest BCUT2D eigenvalue weighted by Gasteiger charge is 2.15. The lowest BCUT2D eigenvalue weighted by atomic mass is 10.00. The number of nitrogens with one attached hydrogen (secondary N) is 4. The van der Waals surface area contributed by atoms with E-state index in [0.717, 1.165) is 31.2 Å². The van der Waals surface area contributed by atoms with E-state index < -0.39 is 0 Å². The van der Waals surface area contributed by atoms with Gasteiger partial charge in [-0.15, -0.1) is 0 Å². The van der Waals surface area contributed by atoms with E-state index in [-0.39, 0.29) is 0 Å². The van der Waals surface area contributed by atoms with Crippen LogP contribution in [0.5, 0.6) is 0 Å². The highest BCUT2D eigenvalue weighted by Crippen LogP contribution is 2.13. The molecule has 0 aromatic carbocycles. The Labute approximate surface area is 141 Å². The Morgan fingerprint density at radius 1 is 1.42 bits per heavy atom. The van der Waals surface area contributed by atoms with Crippen LogP contribution in [-0.2, 0) is 0 Å². The third kappa shape index (κ3) is 4.14. The quantitative estimate of drug-likeness (QED) is 0.620. The van der Waals surface area contributed by atoms with Crippen LogP contribution in [0.2, 0.25) is 0 Å². The fraction of sp³-hybridized carbons (Fsp3) is 0.438. The maximum Gasteiger partial charge on any atom is 0.158 e. The van der Waals surface area contributed by atoms with Gasteiger partial charge in [-0.25, -0.2) is 9.97 Å². The maximum atomic E-state index is 8.77. The lowest BCUT2D eigenvalue weighted by Gasteiger charge is -2.29. The van der Waals surface area contributed by atoms with E-state index >= 15 is 0 Å². The van der Waals surface area contributed by atoms with Crippen LogP contribution < -0.4 is 21.4 Å². The highest BCUT2D eigenvalue weighted by molar-refractivity contribution is 5.42. The van der Waals surface area contributed by atoms with Crippen LogP contribution >= 0.6 is 0 Å². The Hall–Kier alpha value is -2.79. The average molecular weight is 326 g/mol. The molecule has 2 aliphatic heterocycles. The Bertz CT molecular complexity index is 652. The van der Waals surface area contributed by atoms with Crippen LogP contribution in [0, 0.1) is 17.2 Å². The van der Waals surface area contributed by atoms with Gasteiger partial charge in [0.1, 0.15) is 17.7 Å². The molecule has 8 nitrogen and oxygen atoms in total. The topological polar surface area (TPSA) is 101 Å².